The van der Waals surface area contributed by atoms with Gasteiger partial charge in [0.1, 0.15) is 0 Å². The Hall–Kier alpha value is -1.24. The lowest BCUT2D eigenvalue weighted by Gasteiger charge is -2.29. The second kappa shape index (κ2) is 2.91. The number of likely N-dealkylation sites (N-methyl/N-ethyl adjacent to an activating group) is 1. The molecule has 1 aliphatic rings. The quantitative estimate of drug-likeness (QED) is 0.545. The van der Waals surface area contributed by atoms with Crippen molar-refractivity contribution in [2.24, 2.45) is 0 Å². The topological polar surface area (TPSA) is 3.24 Å². The predicted octanol–water partition coefficient (Wildman–Crippen LogP) is 2.54. The van der Waals surface area contributed by atoms with Gasteiger partial charge in [-0.15, -0.1) is 0 Å². The summed E-state index contributed by atoms with van der Waals surface area (Å²) >= 11 is 0. The first-order valence-electron chi connectivity index (χ1n) is 4.64. The van der Waals surface area contributed by atoms with E-state index in [1.54, 1.807) is 0 Å². The molecule has 0 saturated carbocycles. The first-order valence-corrected chi connectivity index (χ1v) is 4.64. The standard InChI is InChI=1S/C12H15N/c1-9-4-5-11-6-10(2)8-13(3)12(11)7-9/h4-5,7H,2,6,8H2,1,3H3. The zero-order chi connectivity index (χ0) is 9.42. The highest BCUT2D eigenvalue weighted by molar-refractivity contribution is 5.59. The van der Waals surface area contributed by atoms with Crippen molar-refractivity contribution in [2.45, 2.75) is 13.3 Å². The molecule has 13 heavy (non-hydrogen) atoms. The number of benzene rings is 1. The molecule has 0 aliphatic carbocycles. The van der Waals surface area contributed by atoms with Gasteiger partial charge in [-0.3, -0.25) is 0 Å². The zero-order valence-corrected chi connectivity index (χ0v) is 8.30. The fraction of sp³-hybridized carbons (Fsp3) is 0.333. The van der Waals surface area contributed by atoms with E-state index >= 15 is 0 Å². The van der Waals surface area contributed by atoms with Crippen LogP contribution in [0.2, 0.25) is 0 Å². The molecule has 1 heterocycles. The lowest BCUT2D eigenvalue weighted by molar-refractivity contribution is 0.892. The van der Waals surface area contributed by atoms with E-state index in [-0.39, 0.29) is 0 Å². The summed E-state index contributed by atoms with van der Waals surface area (Å²) < 4.78 is 0. The van der Waals surface area contributed by atoms with Crippen LogP contribution in [-0.2, 0) is 6.42 Å². The molecule has 0 amide bonds. The van der Waals surface area contributed by atoms with E-state index in [4.69, 9.17) is 0 Å². The molecule has 2 rings (SSSR count). The molecule has 1 nitrogen and oxygen atoms in total. The van der Waals surface area contributed by atoms with Gasteiger partial charge < -0.3 is 4.90 Å². The van der Waals surface area contributed by atoms with Crippen LogP contribution in [0.15, 0.2) is 30.4 Å². The zero-order valence-electron chi connectivity index (χ0n) is 8.30. The molecule has 0 bridgehead atoms. The van der Waals surface area contributed by atoms with Gasteiger partial charge in [-0.1, -0.05) is 24.3 Å². The molecule has 0 radical (unpaired) electrons. The summed E-state index contributed by atoms with van der Waals surface area (Å²) in [6.07, 6.45) is 1.04. The van der Waals surface area contributed by atoms with Crippen LogP contribution in [0.4, 0.5) is 5.69 Å². The molecule has 1 heteroatoms. The van der Waals surface area contributed by atoms with Crippen molar-refractivity contribution in [2.75, 3.05) is 18.5 Å². The monoisotopic (exact) mass is 173 g/mol. The molecule has 1 aliphatic heterocycles. The van der Waals surface area contributed by atoms with Gasteiger partial charge in [0.2, 0.25) is 0 Å². The van der Waals surface area contributed by atoms with Gasteiger partial charge in [-0.25, -0.2) is 0 Å². The molecular weight excluding hydrogens is 158 g/mol. The van der Waals surface area contributed by atoms with E-state index in [9.17, 15) is 0 Å². The van der Waals surface area contributed by atoms with Crippen molar-refractivity contribution in [3.63, 3.8) is 0 Å². The molecule has 0 fully saturated rings. The maximum atomic E-state index is 4.04. The van der Waals surface area contributed by atoms with E-state index in [0.717, 1.165) is 13.0 Å². The third-order valence-corrected chi connectivity index (χ3v) is 2.55. The van der Waals surface area contributed by atoms with Crippen molar-refractivity contribution in [1.29, 1.82) is 0 Å². The lowest BCUT2D eigenvalue weighted by Crippen LogP contribution is -2.26. The van der Waals surface area contributed by atoms with Crippen LogP contribution in [0.25, 0.3) is 0 Å². The average molecular weight is 173 g/mol. The lowest BCUT2D eigenvalue weighted by atomic mass is 9.97. The van der Waals surface area contributed by atoms with Crippen LogP contribution in [0.1, 0.15) is 11.1 Å². The molecule has 0 spiro atoms. The highest BCUT2D eigenvalue weighted by Gasteiger charge is 2.15. The molecule has 1 aromatic rings. The Balaban J connectivity index is 2.49. The van der Waals surface area contributed by atoms with Gasteiger partial charge in [-0.2, -0.15) is 0 Å². The summed E-state index contributed by atoms with van der Waals surface area (Å²) in [6.45, 7) is 7.18. The van der Waals surface area contributed by atoms with Gasteiger partial charge >= 0.3 is 0 Å². The number of rotatable bonds is 0. The van der Waals surface area contributed by atoms with Gasteiger partial charge in [-0.05, 0) is 30.5 Å². The molecule has 0 N–H and O–H groups in total. The minimum Gasteiger partial charge on any atom is -0.370 e. The summed E-state index contributed by atoms with van der Waals surface area (Å²) in [5, 5.41) is 0. The summed E-state index contributed by atoms with van der Waals surface area (Å²) in [5.41, 5.74) is 5.41. The summed E-state index contributed by atoms with van der Waals surface area (Å²) in [5.74, 6) is 0. The molecule has 0 unspecified atom stereocenters. The second-order valence-electron chi connectivity index (χ2n) is 3.92. The van der Waals surface area contributed by atoms with Gasteiger partial charge in [0.25, 0.3) is 0 Å². The Morgan fingerprint density at radius 2 is 2.15 bits per heavy atom. The maximum Gasteiger partial charge on any atom is 0.0405 e. The molecule has 0 saturated heterocycles. The fourth-order valence-electron chi connectivity index (χ4n) is 1.92. The van der Waals surface area contributed by atoms with Crippen molar-refractivity contribution in [3.05, 3.63) is 41.5 Å². The van der Waals surface area contributed by atoms with Gasteiger partial charge in [0, 0.05) is 19.3 Å². The third-order valence-electron chi connectivity index (χ3n) is 2.55. The van der Waals surface area contributed by atoms with Crippen molar-refractivity contribution in [1.82, 2.24) is 0 Å². The van der Waals surface area contributed by atoms with E-state index in [1.165, 1.54) is 22.4 Å². The number of nitrogens with zero attached hydrogens (tertiary/aromatic N) is 1. The van der Waals surface area contributed by atoms with Crippen molar-refractivity contribution < 1.29 is 0 Å². The van der Waals surface area contributed by atoms with E-state index in [0.29, 0.717) is 0 Å². The largest absolute Gasteiger partial charge is 0.370 e. The van der Waals surface area contributed by atoms with Crippen LogP contribution in [-0.4, -0.2) is 13.6 Å². The summed E-state index contributed by atoms with van der Waals surface area (Å²) in [6, 6.07) is 6.64. The molecular formula is C12H15N. The predicted molar refractivity (Wildman–Crippen MR) is 57.3 cm³/mol. The van der Waals surface area contributed by atoms with Crippen LogP contribution < -0.4 is 4.90 Å². The van der Waals surface area contributed by atoms with Crippen molar-refractivity contribution >= 4 is 5.69 Å². The van der Waals surface area contributed by atoms with Gasteiger partial charge in [0.05, 0.1) is 0 Å². The smallest absolute Gasteiger partial charge is 0.0405 e. The van der Waals surface area contributed by atoms with Crippen LogP contribution in [0, 0.1) is 6.92 Å². The summed E-state index contributed by atoms with van der Waals surface area (Å²) in [7, 11) is 2.13. The molecule has 0 atom stereocenters. The minimum atomic E-state index is 0.996. The molecule has 1 aromatic carbocycles. The normalized spacial score (nSPS) is 15.8. The first-order chi connectivity index (χ1) is 6.16. The number of hydrogen-bond acceptors (Lipinski definition) is 1. The first kappa shape index (κ1) is 8.36. The molecule has 0 aromatic heterocycles. The Morgan fingerprint density at radius 3 is 2.92 bits per heavy atom. The van der Waals surface area contributed by atoms with E-state index in [1.807, 2.05) is 0 Å². The Morgan fingerprint density at radius 1 is 1.38 bits per heavy atom. The highest BCUT2D eigenvalue weighted by Crippen LogP contribution is 2.28. The summed E-state index contributed by atoms with van der Waals surface area (Å²) in [4.78, 5) is 2.27. The Kier molecular flexibility index (Phi) is 1.87. The highest BCUT2D eigenvalue weighted by atomic mass is 15.1. The van der Waals surface area contributed by atoms with Crippen LogP contribution in [0.5, 0.6) is 0 Å². The van der Waals surface area contributed by atoms with Gasteiger partial charge in [0.15, 0.2) is 0 Å². The number of hydrogen-bond donors (Lipinski definition) is 0. The minimum absolute atomic E-state index is 0.996. The van der Waals surface area contributed by atoms with Crippen LogP contribution in [0.3, 0.4) is 0 Å². The average Bonchev–Trinajstić information content (AvgIpc) is 2.06. The fourth-order valence-corrected chi connectivity index (χ4v) is 1.92. The number of fused-ring (bicyclic) bond motifs is 1. The van der Waals surface area contributed by atoms with E-state index in [2.05, 4.69) is 43.6 Å². The third kappa shape index (κ3) is 1.46. The maximum absolute atomic E-state index is 4.04. The van der Waals surface area contributed by atoms with E-state index < -0.39 is 0 Å². The molecule has 68 valence electrons. The second-order valence-corrected chi connectivity index (χ2v) is 3.92. The number of aryl methyl sites for hydroxylation is 1. The Labute approximate surface area is 79.7 Å². The SMILES string of the molecule is C=C1Cc2ccc(C)cc2N(C)C1. The Bertz CT molecular complexity index is 352. The number of anilines is 1. The van der Waals surface area contributed by atoms with Crippen molar-refractivity contribution in [3.8, 4) is 0 Å². The van der Waals surface area contributed by atoms with Crippen LogP contribution >= 0.6 is 0 Å².